The largest absolute Gasteiger partial charge is 0.392 e. The first-order chi connectivity index (χ1) is 7.69. The van der Waals surface area contributed by atoms with Gasteiger partial charge in [0, 0.05) is 6.42 Å². The van der Waals surface area contributed by atoms with E-state index in [1.807, 2.05) is 0 Å². The lowest BCUT2D eigenvalue weighted by atomic mass is 9.96. The molecule has 0 aromatic carbocycles. The molecule has 5 nitrogen and oxygen atoms in total. The quantitative estimate of drug-likeness (QED) is 0.826. The van der Waals surface area contributed by atoms with Crippen LogP contribution in [0.3, 0.4) is 0 Å². The monoisotopic (exact) mass is 224 g/mol. The minimum absolute atomic E-state index is 0.305. The molecule has 0 bridgehead atoms. The van der Waals surface area contributed by atoms with E-state index in [0.29, 0.717) is 18.2 Å². The lowest BCUT2D eigenvalue weighted by Crippen LogP contribution is -2.21. The number of aliphatic hydroxyl groups is 1. The lowest BCUT2D eigenvalue weighted by molar-refractivity contribution is 0.106. The highest BCUT2D eigenvalue weighted by Crippen LogP contribution is 2.35. The molecule has 2 rings (SSSR count). The van der Waals surface area contributed by atoms with Crippen LogP contribution < -0.4 is 0 Å². The molecule has 1 aromatic rings. The van der Waals surface area contributed by atoms with Gasteiger partial charge in [-0.1, -0.05) is 19.8 Å². The Morgan fingerprint density at radius 2 is 2.31 bits per heavy atom. The van der Waals surface area contributed by atoms with Gasteiger partial charge in [0.2, 0.25) is 0 Å². The van der Waals surface area contributed by atoms with Crippen LogP contribution in [0.2, 0.25) is 0 Å². The Morgan fingerprint density at radius 1 is 1.50 bits per heavy atom. The summed E-state index contributed by atoms with van der Waals surface area (Å²) in [5, 5.41) is 21.9. The van der Waals surface area contributed by atoms with Crippen molar-refractivity contribution < 1.29 is 5.11 Å². The van der Waals surface area contributed by atoms with E-state index in [1.54, 1.807) is 7.05 Å². The summed E-state index contributed by atoms with van der Waals surface area (Å²) in [6.45, 7) is 2.23. The van der Waals surface area contributed by atoms with Crippen molar-refractivity contribution in [2.45, 2.75) is 45.1 Å². The van der Waals surface area contributed by atoms with Gasteiger partial charge >= 0.3 is 0 Å². The molecule has 1 heterocycles. The molecule has 16 heavy (non-hydrogen) atoms. The second-order valence-corrected chi connectivity index (χ2v) is 4.81. The number of hydrogen-bond acceptors (Lipinski definition) is 4. The van der Waals surface area contributed by atoms with Crippen LogP contribution >= 0.6 is 0 Å². The van der Waals surface area contributed by atoms with E-state index in [-0.39, 0.29) is 6.10 Å². The van der Waals surface area contributed by atoms with Gasteiger partial charge in [0.25, 0.3) is 0 Å². The zero-order valence-corrected chi connectivity index (χ0v) is 10.0. The minimum atomic E-state index is -0.305. The highest BCUT2D eigenvalue weighted by Gasteiger charge is 2.29. The summed E-state index contributed by atoms with van der Waals surface area (Å²) in [5.41, 5.74) is 0. The molecule has 90 valence electrons. The summed E-state index contributed by atoms with van der Waals surface area (Å²) in [5.74, 6) is 1.87. The summed E-state index contributed by atoms with van der Waals surface area (Å²) < 4.78 is 0. The maximum Gasteiger partial charge on any atom is 0.177 e. The Hall–Kier alpha value is -0.970. The number of nitrogens with zero attached hydrogens (tertiary/aromatic N) is 4. The van der Waals surface area contributed by atoms with Crippen molar-refractivity contribution in [3.05, 3.63) is 5.82 Å². The number of tetrazole rings is 1. The molecule has 1 aliphatic rings. The Bertz CT molecular complexity index is 338. The van der Waals surface area contributed by atoms with Gasteiger partial charge in [-0.2, -0.15) is 4.80 Å². The Balaban J connectivity index is 1.86. The van der Waals surface area contributed by atoms with Crippen molar-refractivity contribution in [2.75, 3.05) is 0 Å². The minimum Gasteiger partial charge on any atom is -0.392 e. The first kappa shape index (κ1) is 11.5. The fourth-order valence-electron chi connectivity index (χ4n) is 2.59. The number of rotatable bonds is 4. The number of hydrogen-bond donors (Lipinski definition) is 1. The van der Waals surface area contributed by atoms with E-state index < -0.39 is 0 Å². The molecule has 3 atom stereocenters. The van der Waals surface area contributed by atoms with Crippen LogP contribution in [0.4, 0.5) is 0 Å². The second kappa shape index (κ2) is 4.91. The zero-order valence-electron chi connectivity index (χ0n) is 10.0. The van der Waals surface area contributed by atoms with Crippen LogP contribution in [0.15, 0.2) is 0 Å². The smallest absolute Gasteiger partial charge is 0.177 e. The van der Waals surface area contributed by atoms with Gasteiger partial charge in [0.05, 0.1) is 13.2 Å². The normalized spacial score (nSPS) is 27.2. The Kier molecular flexibility index (Phi) is 3.53. The molecule has 3 unspecified atom stereocenters. The first-order valence-corrected chi connectivity index (χ1v) is 6.10. The van der Waals surface area contributed by atoms with Gasteiger partial charge in [0.15, 0.2) is 5.82 Å². The molecule has 1 aromatic heterocycles. The second-order valence-electron chi connectivity index (χ2n) is 4.81. The van der Waals surface area contributed by atoms with E-state index in [9.17, 15) is 5.11 Å². The average Bonchev–Trinajstić information content (AvgIpc) is 2.87. The molecule has 1 fully saturated rings. The maximum atomic E-state index is 10.1. The van der Waals surface area contributed by atoms with Crippen LogP contribution in [0.25, 0.3) is 0 Å². The van der Waals surface area contributed by atoms with Gasteiger partial charge < -0.3 is 5.11 Å². The van der Waals surface area contributed by atoms with E-state index in [2.05, 4.69) is 22.3 Å². The Morgan fingerprint density at radius 3 is 2.88 bits per heavy atom. The standard InChI is InChI=1S/C11H20N4O/c1-3-8-4-5-9(6-8)10(16)7-11-12-14-15(2)13-11/h8-10,16H,3-7H2,1-2H3. The third kappa shape index (κ3) is 2.58. The van der Waals surface area contributed by atoms with Crippen molar-refractivity contribution in [3.8, 4) is 0 Å². The summed E-state index contributed by atoms with van der Waals surface area (Å²) in [6, 6.07) is 0. The fraction of sp³-hybridized carbons (Fsp3) is 0.909. The summed E-state index contributed by atoms with van der Waals surface area (Å²) in [6.07, 6.45) is 5.01. The highest BCUT2D eigenvalue weighted by molar-refractivity contribution is 4.87. The van der Waals surface area contributed by atoms with Crippen molar-refractivity contribution in [1.82, 2.24) is 20.2 Å². The van der Waals surface area contributed by atoms with E-state index in [1.165, 1.54) is 17.6 Å². The van der Waals surface area contributed by atoms with Crippen LogP contribution in [-0.2, 0) is 13.5 Å². The predicted molar refractivity (Wildman–Crippen MR) is 59.6 cm³/mol. The molecule has 1 aliphatic carbocycles. The third-order valence-corrected chi connectivity index (χ3v) is 3.64. The summed E-state index contributed by atoms with van der Waals surface area (Å²) in [7, 11) is 1.74. The van der Waals surface area contributed by atoms with Gasteiger partial charge in [-0.15, -0.1) is 10.2 Å². The molecular weight excluding hydrogens is 204 g/mol. The van der Waals surface area contributed by atoms with Gasteiger partial charge in [-0.3, -0.25) is 0 Å². The molecule has 0 amide bonds. The number of aryl methyl sites for hydroxylation is 1. The van der Waals surface area contributed by atoms with Gasteiger partial charge in [-0.25, -0.2) is 0 Å². The molecule has 1 N–H and O–H groups in total. The van der Waals surface area contributed by atoms with Crippen LogP contribution in [0, 0.1) is 11.8 Å². The van der Waals surface area contributed by atoms with Crippen molar-refractivity contribution >= 4 is 0 Å². The third-order valence-electron chi connectivity index (χ3n) is 3.64. The predicted octanol–water partition coefficient (Wildman–Crippen LogP) is 0.940. The average molecular weight is 224 g/mol. The highest BCUT2D eigenvalue weighted by atomic mass is 16.3. The van der Waals surface area contributed by atoms with E-state index in [0.717, 1.165) is 18.8 Å². The van der Waals surface area contributed by atoms with Crippen molar-refractivity contribution in [2.24, 2.45) is 18.9 Å². The summed E-state index contributed by atoms with van der Waals surface area (Å²) in [4.78, 5) is 1.44. The van der Waals surface area contributed by atoms with Crippen molar-refractivity contribution in [1.29, 1.82) is 0 Å². The molecule has 0 saturated heterocycles. The molecule has 1 saturated carbocycles. The summed E-state index contributed by atoms with van der Waals surface area (Å²) >= 11 is 0. The molecular formula is C11H20N4O. The topological polar surface area (TPSA) is 63.8 Å². The van der Waals surface area contributed by atoms with Crippen molar-refractivity contribution in [3.63, 3.8) is 0 Å². The zero-order chi connectivity index (χ0) is 11.5. The maximum absolute atomic E-state index is 10.1. The molecule has 5 heteroatoms. The molecule has 0 spiro atoms. The van der Waals surface area contributed by atoms with Crippen LogP contribution in [0.5, 0.6) is 0 Å². The first-order valence-electron chi connectivity index (χ1n) is 6.10. The molecule has 0 aliphatic heterocycles. The van der Waals surface area contributed by atoms with Gasteiger partial charge in [0.1, 0.15) is 0 Å². The molecule has 0 radical (unpaired) electrons. The number of aromatic nitrogens is 4. The fourth-order valence-corrected chi connectivity index (χ4v) is 2.59. The van der Waals surface area contributed by atoms with E-state index >= 15 is 0 Å². The van der Waals surface area contributed by atoms with Gasteiger partial charge in [-0.05, 0) is 29.9 Å². The Labute approximate surface area is 95.9 Å². The van der Waals surface area contributed by atoms with E-state index in [4.69, 9.17) is 0 Å². The number of aliphatic hydroxyl groups excluding tert-OH is 1. The van der Waals surface area contributed by atoms with Crippen LogP contribution in [0.1, 0.15) is 38.4 Å². The van der Waals surface area contributed by atoms with Crippen LogP contribution in [-0.4, -0.2) is 31.4 Å². The lowest BCUT2D eigenvalue weighted by Gasteiger charge is -2.16. The SMILES string of the molecule is CCC1CCC(C(O)Cc2nnn(C)n2)C1.